The summed E-state index contributed by atoms with van der Waals surface area (Å²) in [5, 5.41) is 0.707. The summed E-state index contributed by atoms with van der Waals surface area (Å²) in [6.45, 7) is 4.77. The number of carbonyl (C=O) groups excluding carboxylic acids is 2. The molecular formula is C35H44ClN3O7S. The number of halogens is 1. The third-order valence-electron chi connectivity index (χ3n) is 10.2. The van der Waals surface area contributed by atoms with Gasteiger partial charge in [0.05, 0.1) is 29.9 Å². The van der Waals surface area contributed by atoms with Crippen molar-refractivity contribution in [3.8, 4) is 5.75 Å². The Morgan fingerprint density at radius 3 is 2.72 bits per heavy atom. The van der Waals surface area contributed by atoms with Gasteiger partial charge in [0.1, 0.15) is 18.0 Å². The van der Waals surface area contributed by atoms with Crippen LogP contribution in [-0.2, 0) is 40.9 Å². The predicted octanol–water partition coefficient (Wildman–Crippen LogP) is 4.48. The number of anilines is 1. The van der Waals surface area contributed by atoms with Crippen molar-refractivity contribution in [2.45, 2.75) is 68.0 Å². The standard InChI is InChI=1S/C35H44ClN3O7S/c1-34(2)33(41)37-47(42,43)26-11-14-31-29(18-26)39(21-35(22-45-31)15-5-7-23-17-25(36)10-13-28(23)35)19-24-9-12-27(24)30(8-6-16-46-34)44-20-32(40)38(3)4/h6,8,10-11,13-14,17-18,24,27,30H,5,7,9,12,15-16,19-22H2,1-4H3,(H,37,41)/b8-6+/t24-,27+,30-,35-/m0/s1. The minimum atomic E-state index is -4.22. The van der Waals surface area contributed by atoms with Gasteiger partial charge in [0.15, 0.2) is 0 Å². The summed E-state index contributed by atoms with van der Waals surface area (Å²) in [4.78, 5) is 29.4. The van der Waals surface area contributed by atoms with E-state index < -0.39 is 21.5 Å². The number of hydrogen-bond acceptors (Lipinski definition) is 8. The zero-order valence-electron chi connectivity index (χ0n) is 27.5. The summed E-state index contributed by atoms with van der Waals surface area (Å²) in [5.41, 5.74) is 1.33. The molecule has 0 aromatic heterocycles. The van der Waals surface area contributed by atoms with Crippen molar-refractivity contribution in [1.29, 1.82) is 0 Å². The number of amides is 2. The number of nitrogens with zero attached hydrogens (tertiary/aromatic N) is 2. The quantitative estimate of drug-likeness (QED) is 0.471. The van der Waals surface area contributed by atoms with Gasteiger partial charge < -0.3 is 24.0 Å². The molecule has 2 heterocycles. The van der Waals surface area contributed by atoms with Crippen molar-refractivity contribution < 1.29 is 32.2 Å². The van der Waals surface area contributed by atoms with E-state index in [0.717, 1.165) is 32.1 Å². The number of benzene rings is 2. The van der Waals surface area contributed by atoms with Gasteiger partial charge in [0, 0.05) is 37.6 Å². The summed E-state index contributed by atoms with van der Waals surface area (Å²) in [6.07, 6.45) is 8.08. The van der Waals surface area contributed by atoms with Crippen molar-refractivity contribution in [1.82, 2.24) is 9.62 Å². The number of rotatable bonds is 3. The lowest BCUT2D eigenvalue weighted by Gasteiger charge is -2.46. The first-order valence-electron chi connectivity index (χ1n) is 16.3. The van der Waals surface area contributed by atoms with Crippen LogP contribution < -0.4 is 14.4 Å². The van der Waals surface area contributed by atoms with Crippen molar-refractivity contribution in [3.63, 3.8) is 0 Å². The molecule has 2 bridgehead atoms. The van der Waals surface area contributed by atoms with Crippen LogP contribution in [0.4, 0.5) is 5.69 Å². The Morgan fingerprint density at radius 1 is 1.17 bits per heavy atom. The third kappa shape index (κ3) is 6.90. The van der Waals surface area contributed by atoms with Gasteiger partial charge in [0.2, 0.25) is 5.91 Å². The van der Waals surface area contributed by atoms with Crippen LogP contribution in [0.15, 0.2) is 53.4 Å². The summed E-state index contributed by atoms with van der Waals surface area (Å²) in [7, 11) is -0.817. The Balaban J connectivity index is 1.42. The molecule has 47 heavy (non-hydrogen) atoms. The number of likely N-dealkylation sites (N-methyl/N-ethyl adjacent to an activating group) is 1. The molecule has 2 aliphatic heterocycles. The van der Waals surface area contributed by atoms with Gasteiger partial charge in [-0.15, -0.1) is 0 Å². The van der Waals surface area contributed by atoms with Crippen molar-refractivity contribution in [2.75, 3.05) is 51.9 Å². The topological polar surface area (TPSA) is 114 Å². The molecule has 1 N–H and O–H groups in total. The summed E-state index contributed by atoms with van der Waals surface area (Å²) in [5.74, 6) is 0.0267. The Morgan fingerprint density at radius 2 is 1.98 bits per heavy atom. The second-order valence-corrected chi connectivity index (χ2v) is 16.1. The molecular weight excluding hydrogens is 642 g/mol. The van der Waals surface area contributed by atoms with E-state index in [1.807, 2.05) is 18.2 Å². The van der Waals surface area contributed by atoms with Gasteiger partial charge in [0.25, 0.3) is 15.9 Å². The molecule has 12 heteroatoms. The third-order valence-corrected chi connectivity index (χ3v) is 11.8. The Hall–Kier alpha value is -3.12. The summed E-state index contributed by atoms with van der Waals surface area (Å²) >= 11 is 6.42. The number of aryl methyl sites for hydroxylation is 1. The smallest absolute Gasteiger partial charge is 0.265 e. The van der Waals surface area contributed by atoms with Crippen LogP contribution in [0.1, 0.15) is 50.7 Å². The fourth-order valence-corrected chi connectivity index (χ4v) is 8.55. The van der Waals surface area contributed by atoms with Crippen molar-refractivity contribution in [3.05, 3.63) is 64.7 Å². The highest BCUT2D eigenvalue weighted by Crippen LogP contribution is 2.47. The van der Waals surface area contributed by atoms with E-state index in [9.17, 15) is 18.0 Å². The molecule has 254 valence electrons. The van der Waals surface area contributed by atoms with Crippen LogP contribution in [0, 0.1) is 11.8 Å². The van der Waals surface area contributed by atoms with Gasteiger partial charge in [-0.1, -0.05) is 29.8 Å². The Bertz CT molecular complexity index is 1680. The first-order valence-corrected chi connectivity index (χ1v) is 18.1. The predicted molar refractivity (Wildman–Crippen MR) is 179 cm³/mol. The molecule has 0 unspecified atom stereocenters. The molecule has 2 aliphatic carbocycles. The van der Waals surface area contributed by atoms with Gasteiger partial charge in [-0.05, 0) is 99.2 Å². The van der Waals surface area contributed by atoms with Crippen molar-refractivity contribution >= 4 is 39.1 Å². The number of fused-ring (bicyclic) bond motifs is 4. The Kier molecular flexibility index (Phi) is 9.38. The minimum Gasteiger partial charge on any atom is -0.490 e. The van der Waals surface area contributed by atoms with Crippen LogP contribution in [0.3, 0.4) is 0 Å². The SMILES string of the molecule is CN(C)C(=O)CO[C@H]1/C=C/COC(C)(C)C(=O)NS(=O)(=O)c2ccc3c(c2)N(C[C@@H]2CC[C@H]21)C[C@@]1(CCCc2cc(Cl)ccc21)CO3. The average Bonchev–Trinajstić information content (AvgIpc) is 3.15. The molecule has 1 spiro atoms. The van der Waals surface area contributed by atoms with Crippen LogP contribution in [0.2, 0.25) is 5.02 Å². The maximum atomic E-state index is 13.6. The lowest BCUT2D eigenvalue weighted by molar-refractivity contribution is -0.139. The molecule has 0 saturated heterocycles. The highest BCUT2D eigenvalue weighted by Gasteiger charge is 2.45. The number of nitrogens with one attached hydrogen (secondary N) is 1. The number of hydrogen-bond donors (Lipinski definition) is 1. The van der Waals surface area contributed by atoms with Crippen LogP contribution >= 0.6 is 11.6 Å². The largest absolute Gasteiger partial charge is 0.490 e. The van der Waals surface area contributed by atoms with E-state index >= 15 is 0 Å². The average molecular weight is 686 g/mol. The molecule has 1 fully saturated rings. The molecule has 4 atom stereocenters. The maximum Gasteiger partial charge on any atom is 0.265 e. The van der Waals surface area contributed by atoms with E-state index in [0.29, 0.717) is 36.2 Å². The van der Waals surface area contributed by atoms with Crippen molar-refractivity contribution in [2.24, 2.45) is 11.8 Å². The fourth-order valence-electron chi connectivity index (χ4n) is 7.23. The van der Waals surface area contributed by atoms with Gasteiger partial charge in [-0.25, -0.2) is 13.1 Å². The highest BCUT2D eigenvalue weighted by molar-refractivity contribution is 7.90. The molecule has 2 aromatic rings. The maximum absolute atomic E-state index is 13.6. The van der Waals surface area contributed by atoms with E-state index in [4.69, 9.17) is 25.8 Å². The van der Waals surface area contributed by atoms with Crippen LogP contribution in [0.5, 0.6) is 5.75 Å². The fraction of sp³-hybridized carbons (Fsp3) is 0.543. The lowest BCUT2D eigenvalue weighted by atomic mass is 9.68. The minimum absolute atomic E-state index is 0.0265. The molecule has 0 radical (unpaired) electrons. The summed E-state index contributed by atoms with van der Waals surface area (Å²) in [6, 6.07) is 10.9. The molecule has 2 amide bonds. The van der Waals surface area contributed by atoms with Gasteiger partial charge in [-0.2, -0.15) is 0 Å². The molecule has 6 rings (SSSR count). The second kappa shape index (κ2) is 13.1. The van der Waals surface area contributed by atoms with E-state index in [1.165, 1.54) is 35.9 Å². The zero-order chi connectivity index (χ0) is 33.6. The van der Waals surface area contributed by atoms with Gasteiger partial charge in [-0.3, -0.25) is 9.59 Å². The molecule has 1 saturated carbocycles. The first-order chi connectivity index (χ1) is 22.3. The van der Waals surface area contributed by atoms with E-state index in [-0.39, 0.29) is 47.4 Å². The number of carbonyl (C=O) groups is 2. The number of sulfonamides is 1. The van der Waals surface area contributed by atoms with E-state index in [1.54, 1.807) is 32.3 Å². The first kappa shape index (κ1) is 33.8. The van der Waals surface area contributed by atoms with Crippen LogP contribution in [0.25, 0.3) is 0 Å². The van der Waals surface area contributed by atoms with Gasteiger partial charge >= 0.3 is 0 Å². The molecule has 2 aromatic carbocycles. The van der Waals surface area contributed by atoms with Crippen LogP contribution in [-0.4, -0.2) is 83.8 Å². The lowest BCUT2D eigenvalue weighted by Crippen LogP contribution is -2.50. The second-order valence-electron chi connectivity index (χ2n) is 14.0. The number of ether oxygens (including phenoxy) is 3. The monoisotopic (exact) mass is 685 g/mol. The van der Waals surface area contributed by atoms with E-state index in [2.05, 4.69) is 15.7 Å². The molecule has 4 aliphatic rings. The molecule has 10 nitrogen and oxygen atoms in total. The summed E-state index contributed by atoms with van der Waals surface area (Å²) < 4.78 is 48.0. The highest BCUT2D eigenvalue weighted by atomic mass is 35.5. The normalized spacial score (nSPS) is 28.8. The zero-order valence-corrected chi connectivity index (χ0v) is 29.0. The Labute approximate surface area is 282 Å².